The van der Waals surface area contributed by atoms with E-state index in [4.69, 9.17) is 39.5 Å². The van der Waals surface area contributed by atoms with Gasteiger partial charge in [-0.05, 0) is 36.4 Å². The molecular weight excluding hydrogens is 333 g/mol. The van der Waals surface area contributed by atoms with Crippen molar-refractivity contribution in [1.29, 1.82) is 0 Å². The van der Waals surface area contributed by atoms with E-state index in [1.165, 1.54) is 0 Å². The number of anilines is 1. The first kappa shape index (κ1) is 16.2. The molecule has 0 bridgehead atoms. The molecule has 6 heteroatoms. The summed E-state index contributed by atoms with van der Waals surface area (Å²) in [5, 5.41) is 14.6. The minimum absolute atomic E-state index is 0.151. The van der Waals surface area contributed by atoms with Gasteiger partial charge in [0, 0.05) is 16.6 Å². The number of rotatable bonds is 6. The van der Waals surface area contributed by atoms with E-state index in [0.717, 1.165) is 0 Å². The summed E-state index contributed by atoms with van der Waals surface area (Å²) in [6.45, 7) is 0.459. The van der Waals surface area contributed by atoms with Crippen molar-refractivity contribution < 1.29 is 9.84 Å². The highest BCUT2D eigenvalue weighted by Gasteiger charge is 2.07. The second-order valence-corrected chi connectivity index (χ2v) is 5.71. The topological polar surface area (TPSA) is 41.5 Å². The second-order valence-electron chi connectivity index (χ2n) is 4.43. The second kappa shape index (κ2) is 7.76. The molecule has 21 heavy (non-hydrogen) atoms. The molecule has 0 saturated carbocycles. The van der Waals surface area contributed by atoms with Crippen LogP contribution in [0.2, 0.25) is 15.1 Å². The van der Waals surface area contributed by atoms with Gasteiger partial charge in [0.2, 0.25) is 0 Å². The van der Waals surface area contributed by atoms with Gasteiger partial charge in [0.1, 0.15) is 18.5 Å². The Bertz CT molecular complexity index is 607. The zero-order valence-electron chi connectivity index (χ0n) is 11.0. The van der Waals surface area contributed by atoms with Crippen LogP contribution < -0.4 is 10.1 Å². The van der Waals surface area contributed by atoms with Crippen molar-refractivity contribution in [2.75, 3.05) is 18.5 Å². The Labute approximate surface area is 138 Å². The maximum atomic E-state index is 9.90. The lowest BCUT2D eigenvalue weighted by Crippen LogP contribution is -2.26. The molecule has 0 saturated heterocycles. The average molecular weight is 347 g/mol. The van der Waals surface area contributed by atoms with Gasteiger partial charge in [0.25, 0.3) is 0 Å². The first-order valence-corrected chi connectivity index (χ1v) is 7.43. The Kier molecular flexibility index (Phi) is 6.00. The van der Waals surface area contributed by atoms with Crippen LogP contribution in [-0.4, -0.2) is 24.4 Å². The molecule has 3 nitrogen and oxygen atoms in total. The van der Waals surface area contributed by atoms with Gasteiger partial charge < -0.3 is 15.2 Å². The lowest BCUT2D eigenvalue weighted by molar-refractivity contribution is 0.117. The normalized spacial score (nSPS) is 12.0. The molecule has 0 aliphatic carbocycles. The molecular formula is C15H14Cl3NO2. The Morgan fingerprint density at radius 1 is 1.05 bits per heavy atom. The summed E-state index contributed by atoms with van der Waals surface area (Å²) in [5.74, 6) is 0.617. The van der Waals surface area contributed by atoms with E-state index in [-0.39, 0.29) is 6.61 Å². The van der Waals surface area contributed by atoms with Gasteiger partial charge in [-0.25, -0.2) is 0 Å². The summed E-state index contributed by atoms with van der Waals surface area (Å²) < 4.78 is 5.46. The van der Waals surface area contributed by atoms with Crippen LogP contribution in [0, 0.1) is 0 Å². The number of hydrogen-bond acceptors (Lipinski definition) is 3. The van der Waals surface area contributed by atoms with Crippen molar-refractivity contribution in [3.05, 3.63) is 57.5 Å². The highest BCUT2D eigenvalue weighted by atomic mass is 35.5. The minimum atomic E-state index is -0.685. The standard InChI is InChI=1S/C15H14Cl3NO2/c16-10-2-1-3-13(6-10)21-9-12(20)8-19-15-5-4-11(17)7-14(15)18/h1-7,12,19-20H,8-9H2. The number of benzene rings is 2. The molecule has 2 aromatic rings. The van der Waals surface area contributed by atoms with Gasteiger partial charge in [-0.3, -0.25) is 0 Å². The molecule has 0 aliphatic heterocycles. The average Bonchev–Trinajstić information content (AvgIpc) is 2.44. The molecule has 0 spiro atoms. The van der Waals surface area contributed by atoms with Crippen LogP contribution in [0.3, 0.4) is 0 Å². The summed E-state index contributed by atoms with van der Waals surface area (Å²) >= 11 is 17.7. The molecule has 2 aromatic carbocycles. The molecule has 0 aromatic heterocycles. The molecule has 0 amide bonds. The molecule has 0 fully saturated rings. The first-order valence-electron chi connectivity index (χ1n) is 6.30. The van der Waals surface area contributed by atoms with Gasteiger partial charge in [-0.2, -0.15) is 0 Å². The fourth-order valence-electron chi connectivity index (χ4n) is 1.67. The van der Waals surface area contributed by atoms with E-state index in [1.54, 1.807) is 42.5 Å². The predicted molar refractivity (Wildman–Crippen MR) is 87.9 cm³/mol. The van der Waals surface area contributed by atoms with Crippen LogP contribution in [0.5, 0.6) is 5.75 Å². The molecule has 2 rings (SSSR count). The molecule has 0 aliphatic rings. The quantitative estimate of drug-likeness (QED) is 0.809. The highest BCUT2D eigenvalue weighted by molar-refractivity contribution is 6.36. The Balaban J connectivity index is 1.80. The zero-order valence-corrected chi connectivity index (χ0v) is 13.3. The SMILES string of the molecule is OC(CNc1ccc(Cl)cc1Cl)COc1cccc(Cl)c1. The third-order valence-corrected chi connectivity index (χ3v) is 3.48. The van der Waals surface area contributed by atoms with Crippen molar-refractivity contribution in [2.45, 2.75) is 6.10 Å². The van der Waals surface area contributed by atoms with Gasteiger partial charge in [0.15, 0.2) is 0 Å². The monoisotopic (exact) mass is 345 g/mol. The number of halogens is 3. The maximum Gasteiger partial charge on any atom is 0.120 e. The lowest BCUT2D eigenvalue weighted by atomic mass is 10.3. The molecule has 1 atom stereocenters. The van der Waals surface area contributed by atoms with Crippen molar-refractivity contribution in [3.63, 3.8) is 0 Å². The molecule has 2 N–H and O–H groups in total. The Hall–Kier alpha value is -1.13. The third-order valence-electron chi connectivity index (χ3n) is 2.70. The number of aliphatic hydroxyl groups is 1. The van der Waals surface area contributed by atoms with Gasteiger partial charge >= 0.3 is 0 Å². The highest BCUT2D eigenvalue weighted by Crippen LogP contribution is 2.25. The summed E-state index contributed by atoms with van der Waals surface area (Å²) in [4.78, 5) is 0. The van der Waals surface area contributed by atoms with Crippen molar-refractivity contribution in [2.24, 2.45) is 0 Å². The number of aliphatic hydroxyl groups excluding tert-OH is 1. The maximum absolute atomic E-state index is 9.90. The van der Waals surface area contributed by atoms with E-state index in [2.05, 4.69) is 5.32 Å². The van der Waals surface area contributed by atoms with Crippen molar-refractivity contribution in [1.82, 2.24) is 0 Å². The van der Waals surface area contributed by atoms with Gasteiger partial charge in [-0.15, -0.1) is 0 Å². The minimum Gasteiger partial charge on any atom is -0.491 e. The van der Waals surface area contributed by atoms with E-state index >= 15 is 0 Å². The largest absolute Gasteiger partial charge is 0.491 e. The van der Waals surface area contributed by atoms with Crippen LogP contribution in [-0.2, 0) is 0 Å². The van der Waals surface area contributed by atoms with Crippen LogP contribution in [0.15, 0.2) is 42.5 Å². The molecule has 0 heterocycles. The van der Waals surface area contributed by atoms with Crippen molar-refractivity contribution >= 4 is 40.5 Å². The van der Waals surface area contributed by atoms with E-state index in [0.29, 0.717) is 33.0 Å². The molecule has 0 radical (unpaired) electrons. The van der Waals surface area contributed by atoms with Crippen LogP contribution in [0.1, 0.15) is 0 Å². The predicted octanol–water partition coefficient (Wildman–Crippen LogP) is 4.50. The molecule has 112 valence electrons. The van der Waals surface area contributed by atoms with Crippen molar-refractivity contribution in [3.8, 4) is 5.75 Å². The van der Waals surface area contributed by atoms with E-state index in [9.17, 15) is 5.11 Å². The van der Waals surface area contributed by atoms with Crippen LogP contribution >= 0.6 is 34.8 Å². The van der Waals surface area contributed by atoms with E-state index in [1.807, 2.05) is 0 Å². The van der Waals surface area contributed by atoms with E-state index < -0.39 is 6.10 Å². The fraction of sp³-hybridized carbons (Fsp3) is 0.200. The zero-order chi connectivity index (χ0) is 15.2. The Morgan fingerprint density at radius 3 is 2.52 bits per heavy atom. The summed E-state index contributed by atoms with van der Waals surface area (Å²) in [7, 11) is 0. The van der Waals surface area contributed by atoms with Gasteiger partial charge in [-0.1, -0.05) is 40.9 Å². The molecule has 1 unspecified atom stereocenters. The summed E-state index contributed by atoms with van der Waals surface area (Å²) in [6.07, 6.45) is -0.685. The van der Waals surface area contributed by atoms with Crippen LogP contribution in [0.25, 0.3) is 0 Å². The Morgan fingerprint density at radius 2 is 1.81 bits per heavy atom. The third kappa shape index (κ3) is 5.29. The lowest BCUT2D eigenvalue weighted by Gasteiger charge is -2.15. The van der Waals surface area contributed by atoms with Gasteiger partial charge in [0.05, 0.1) is 10.7 Å². The number of ether oxygens (including phenoxy) is 1. The first-order chi connectivity index (χ1) is 10.0. The summed E-state index contributed by atoms with van der Waals surface area (Å²) in [6, 6.07) is 12.1. The smallest absolute Gasteiger partial charge is 0.120 e. The fourth-order valence-corrected chi connectivity index (χ4v) is 2.32. The number of hydrogen-bond donors (Lipinski definition) is 2. The van der Waals surface area contributed by atoms with Crippen LogP contribution in [0.4, 0.5) is 5.69 Å². The summed E-state index contributed by atoms with van der Waals surface area (Å²) in [5.41, 5.74) is 0.711. The number of nitrogens with one attached hydrogen (secondary N) is 1.